The number of nitrogens with zero attached hydrogens (tertiary/aromatic N) is 1. The van der Waals surface area contributed by atoms with E-state index in [1.807, 2.05) is 0 Å². The van der Waals surface area contributed by atoms with Gasteiger partial charge in [0.1, 0.15) is 11.6 Å². The van der Waals surface area contributed by atoms with Crippen LogP contribution in [0.15, 0.2) is 42.6 Å². The molecule has 1 aromatic heterocycles. The molecule has 5 nitrogen and oxygen atoms in total. The van der Waals surface area contributed by atoms with Crippen molar-refractivity contribution in [3.05, 3.63) is 59.5 Å². The van der Waals surface area contributed by atoms with Crippen LogP contribution < -0.4 is 11.1 Å². The Morgan fingerprint density at radius 3 is 2.60 bits per heavy atom. The molecule has 1 unspecified atom stereocenters. The molecule has 0 spiro atoms. The number of carbonyl (C=O) groups is 1. The number of aromatic nitrogens is 1. The van der Waals surface area contributed by atoms with Gasteiger partial charge in [-0.15, -0.1) is 12.4 Å². The highest BCUT2D eigenvalue weighted by Gasteiger charge is 2.19. The minimum Gasteiger partial charge on any atom is -0.381 e. The number of halogens is 2. The number of rotatable bonds is 5. The minimum atomic E-state index is -0.811. The quantitative estimate of drug-likeness (QED) is 0.796. The summed E-state index contributed by atoms with van der Waals surface area (Å²) >= 11 is 0. The van der Waals surface area contributed by atoms with Crippen LogP contribution in [0, 0.1) is 5.82 Å². The molecule has 1 atom stereocenters. The molecule has 1 saturated heterocycles. The molecule has 7 heteroatoms. The van der Waals surface area contributed by atoms with E-state index >= 15 is 0 Å². The maximum Gasteiger partial charge on any atom is 0.184 e. The van der Waals surface area contributed by atoms with E-state index in [2.05, 4.69) is 10.3 Å². The molecule has 0 aliphatic carbocycles. The Morgan fingerprint density at radius 2 is 1.92 bits per heavy atom. The number of nitrogens with two attached hydrogens (primary N) is 1. The van der Waals surface area contributed by atoms with Crippen molar-refractivity contribution in [1.29, 1.82) is 0 Å². The zero-order valence-electron chi connectivity index (χ0n) is 13.7. The van der Waals surface area contributed by atoms with Crippen LogP contribution in [0.2, 0.25) is 0 Å². The maximum atomic E-state index is 13.0. The van der Waals surface area contributed by atoms with Crippen molar-refractivity contribution in [3.8, 4) is 0 Å². The molecule has 1 aromatic carbocycles. The van der Waals surface area contributed by atoms with Crippen LogP contribution in [0.4, 0.5) is 10.2 Å². The van der Waals surface area contributed by atoms with Gasteiger partial charge >= 0.3 is 0 Å². The molecule has 0 saturated carbocycles. The first-order valence-electron chi connectivity index (χ1n) is 7.99. The fourth-order valence-corrected chi connectivity index (χ4v) is 2.72. The number of carbonyl (C=O) groups excluding carboxylic acids is 1. The van der Waals surface area contributed by atoms with E-state index in [1.54, 1.807) is 18.3 Å². The highest BCUT2D eigenvalue weighted by molar-refractivity contribution is 6.00. The van der Waals surface area contributed by atoms with Gasteiger partial charge in [0.05, 0.1) is 6.04 Å². The standard InChI is InChI=1S/C18H20FN3O2.ClH/c19-14-3-1-12(2-4-14)18(23)17(20)13-5-8-21-16(11-13)22-15-6-9-24-10-7-15;/h1-5,8,11,15,17H,6-7,9-10,20H2,(H,21,22);1H. The van der Waals surface area contributed by atoms with Crippen molar-refractivity contribution in [2.24, 2.45) is 5.73 Å². The molecule has 0 radical (unpaired) electrons. The first kappa shape index (κ1) is 19.3. The van der Waals surface area contributed by atoms with E-state index in [1.165, 1.54) is 24.3 Å². The Labute approximate surface area is 152 Å². The average Bonchev–Trinajstić information content (AvgIpc) is 2.62. The number of benzene rings is 1. The lowest BCUT2D eigenvalue weighted by Gasteiger charge is -2.24. The monoisotopic (exact) mass is 365 g/mol. The molecule has 0 amide bonds. The Bertz CT molecular complexity index is 706. The van der Waals surface area contributed by atoms with Gasteiger partial charge in [-0.05, 0) is 54.8 Å². The van der Waals surface area contributed by atoms with Crippen LogP contribution in [0.5, 0.6) is 0 Å². The predicted octanol–water partition coefficient (Wildman–Crippen LogP) is 3.12. The van der Waals surface area contributed by atoms with Crippen molar-refractivity contribution in [2.45, 2.75) is 24.9 Å². The number of hydrogen-bond donors (Lipinski definition) is 2. The number of ether oxygens (including phenoxy) is 1. The van der Waals surface area contributed by atoms with E-state index in [0.29, 0.717) is 23.0 Å². The highest BCUT2D eigenvalue weighted by Crippen LogP contribution is 2.20. The molecule has 1 fully saturated rings. The van der Waals surface area contributed by atoms with E-state index in [-0.39, 0.29) is 24.0 Å². The maximum absolute atomic E-state index is 13.0. The molecule has 2 aromatic rings. The van der Waals surface area contributed by atoms with Gasteiger partial charge in [0, 0.05) is 31.0 Å². The SMILES string of the molecule is Cl.NC(C(=O)c1ccc(F)cc1)c1ccnc(NC2CCOCC2)c1. The number of Topliss-reactive ketones (excluding diaryl/α,β-unsaturated/α-hetero) is 1. The summed E-state index contributed by atoms with van der Waals surface area (Å²) in [6, 6.07) is 8.41. The summed E-state index contributed by atoms with van der Waals surface area (Å²) in [6.07, 6.45) is 3.48. The smallest absolute Gasteiger partial charge is 0.184 e. The van der Waals surface area contributed by atoms with Crippen LogP contribution in [-0.2, 0) is 4.74 Å². The van der Waals surface area contributed by atoms with Crippen LogP contribution in [0.3, 0.4) is 0 Å². The first-order valence-corrected chi connectivity index (χ1v) is 7.99. The molecule has 1 aliphatic heterocycles. The van der Waals surface area contributed by atoms with Gasteiger partial charge in [-0.1, -0.05) is 0 Å². The zero-order chi connectivity index (χ0) is 16.9. The predicted molar refractivity (Wildman–Crippen MR) is 96.6 cm³/mol. The summed E-state index contributed by atoms with van der Waals surface area (Å²) in [4.78, 5) is 16.7. The van der Waals surface area contributed by atoms with Crippen molar-refractivity contribution < 1.29 is 13.9 Å². The lowest BCUT2D eigenvalue weighted by molar-refractivity contribution is 0.0904. The second-order valence-electron chi connectivity index (χ2n) is 5.85. The highest BCUT2D eigenvalue weighted by atomic mass is 35.5. The van der Waals surface area contributed by atoms with Crippen molar-refractivity contribution in [1.82, 2.24) is 4.98 Å². The van der Waals surface area contributed by atoms with Crippen LogP contribution >= 0.6 is 12.4 Å². The third-order valence-corrected chi connectivity index (χ3v) is 4.13. The third kappa shape index (κ3) is 4.98. The van der Waals surface area contributed by atoms with Gasteiger partial charge in [-0.25, -0.2) is 9.37 Å². The topological polar surface area (TPSA) is 77.2 Å². The molecule has 0 bridgehead atoms. The second kappa shape index (κ2) is 8.89. The van der Waals surface area contributed by atoms with Gasteiger partial charge in [-0.3, -0.25) is 4.79 Å². The lowest BCUT2D eigenvalue weighted by atomic mass is 9.99. The third-order valence-electron chi connectivity index (χ3n) is 4.13. The number of hydrogen-bond acceptors (Lipinski definition) is 5. The van der Waals surface area contributed by atoms with Crippen LogP contribution in [0.25, 0.3) is 0 Å². The molecular formula is C18H21ClFN3O2. The fourth-order valence-electron chi connectivity index (χ4n) is 2.72. The van der Waals surface area contributed by atoms with E-state index < -0.39 is 6.04 Å². The van der Waals surface area contributed by atoms with Gasteiger partial charge in [0.25, 0.3) is 0 Å². The summed E-state index contributed by atoms with van der Waals surface area (Å²) in [5.74, 6) is 0.0620. The Hall–Kier alpha value is -2.02. The molecule has 134 valence electrons. The van der Waals surface area contributed by atoms with Gasteiger partial charge in [0.2, 0.25) is 0 Å². The minimum absolute atomic E-state index is 0. The van der Waals surface area contributed by atoms with Crippen molar-refractivity contribution in [2.75, 3.05) is 18.5 Å². The Kier molecular flexibility index (Phi) is 6.87. The molecule has 25 heavy (non-hydrogen) atoms. The largest absolute Gasteiger partial charge is 0.381 e. The number of ketones is 1. The first-order chi connectivity index (χ1) is 11.6. The normalized spacial score (nSPS) is 15.9. The molecular weight excluding hydrogens is 345 g/mol. The lowest BCUT2D eigenvalue weighted by Crippen LogP contribution is -2.28. The molecule has 3 rings (SSSR count). The van der Waals surface area contributed by atoms with E-state index in [9.17, 15) is 9.18 Å². The number of anilines is 1. The Balaban J connectivity index is 0.00000225. The second-order valence-corrected chi connectivity index (χ2v) is 5.85. The van der Waals surface area contributed by atoms with Crippen LogP contribution in [0.1, 0.15) is 34.8 Å². The summed E-state index contributed by atoms with van der Waals surface area (Å²) in [7, 11) is 0. The number of pyridine rings is 1. The van der Waals surface area contributed by atoms with Crippen molar-refractivity contribution >= 4 is 24.0 Å². The van der Waals surface area contributed by atoms with Gasteiger partial charge < -0.3 is 15.8 Å². The fraction of sp³-hybridized carbons (Fsp3) is 0.333. The zero-order valence-corrected chi connectivity index (χ0v) is 14.5. The summed E-state index contributed by atoms with van der Waals surface area (Å²) in [5.41, 5.74) is 7.16. The summed E-state index contributed by atoms with van der Waals surface area (Å²) in [5, 5.41) is 3.35. The average molecular weight is 366 g/mol. The number of nitrogens with one attached hydrogen (secondary N) is 1. The molecule has 1 aliphatic rings. The molecule has 3 N–H and O–H groups in total. The Morgan fingerprint density at radius 1 is 1.24 bits per heavy atom. The summed E-state index contributed by atoms with van der Waals surface area (Å²) in [6.45, 7) is 1.47. The summed E-state index contributed by atoms with van der Waals surface area (Å²) < 4.78 is 18.3. The van der Waals surface area contributed by atoms with E-state index in [0.717, 1.165) is 26.1 Å². The van der Waals surface area contributed by atoms with Gasteiger partial charge in [0.15, 0.2) is 5.78 Å². The molecule has 2 heterocycles. The van der Waals surface area contributed by atoms with Crippen LogP contribution in [-0.4, -0.2) is 30.0 Å². The van der Waals surface area contributed by atoms with E-state index in [4.69, 9.17) is 10.5 Å². The van der Waals surface area contributed by atoms with Crippen molar-refractivity contribution in [3.63, 3.8) is 0 Å². The van der Waals surface area contributed by atoms with Gasteiger partial charge in [-0.2, -0.15) is 0 Å².